The minimum absolute atomic E-state index is 0.0950. The van der Waals surface area contributed by atoms with Gasteiger partial charge in [-0.25, -0.2) is 9.97 Å². The Kier molecular flexibility index (Phi) is 4.58. The van der Waals surface area contributed by atoms with Crippen molar-refractivity contribution in [1.29, 1.82) is 0 Å². The first kappa shape index (κ1) is 14.1. The molecule has 0 radical (unpaired) electrons. The van der Waals surface area contributed by atoms with Crippen LogP contribution in [0.4, 0.5) is 5.82 Å². The summed E-state index contributed by atoms with van der Waals surface area (Å²) in [6, 6.07) is 1.83. The predicted octanol–water partition coefficient (Wildman–Crippen LogP) is 2.34. The minimum atomic E-state index is -0.0950. The summed E-state index contributed by atoms with van der Waals surface area (Å²) in [6.45, 7) is 4.71. The average molecular weight is 264 g/mol. The molecule has 0 amide bonds. The van der Waals surface area contributed by atoms with Crippen LogP contribution in [0.3, 0.4) is 0 Å². The molecule has 0 aliphatic heterocycles. The van der Waals surface area contributed by atoms with E-state index < -0.39 is 0 Å². The highest BCUT2D eigenvalue weighted by Gasteiger charge is 2.27. The highest BCUT2D eigenvalue weighted by atomic mass is 16.5. The molecule has 1 fully saturated rings. The van der Waals surface area contributed by atoms with Gasteiger partial charge in [0, 0.05) is 18.2 Å². The van der Waals surface area contributed by atoms with Gasteiger partial charge in [0.2, 0.25) is 5.88 Å². The molecule has 0 saturated heterocycles. The van der Waals surface area contributed by atoms with Crippen LogP contribution in [0.2, 0.25) is 0 Å². The van der Waals surface area contributed by atoms with Crippen LogP contribution in [0.5, 0.6) is 5.88 Å². The Morgan fingerprint density at radius 3 is 2.74 bits per heavy atom. The van der Waals surface area contributed by atoms with E-state index in [4.69, 9.17) is 10.5 Å². The Hall–Kier alpha value is -1.36. The molecule has 19 heavy (non-hydrogen) atoms. The van der Waals surface area contributed by atoms with E-state index in [1.807, 2.05) is 19.9 Å². The Bertz CT molecular complexity index is 402. The smallest absolute Gasteiger partial charge is 0.218 e. The molecular weight excluding hydrogens is 240 g/mol. The molecule has 0 spiro atoms. The first-order valence-corrected chi connectivity index (χ1v) is 7.09. The molecule has 1 aliphatic carbocycles. The summed E-state index contributed by atoms with van der Waals surface area (Å²) < 4.78 is 5.55. The lowest BCUT2D eigenvalue weighted by Gasteiger charge is -2.33. The maximum absolute atomic E-state index is 6.39. The number of rotatable bonds is 5. The lowest BCUT2D eigenvalue weighted by atomic mass is 9.82. The number of nitrogens with zero attached hydrogens (tertiary/aromatic N) is 2. The van der Waals surface area contributed by atoms with Crippen molar-refractivity contribution in [2.75, 3.05) is 11.9 Å². The summed E-state index contributed by atoms with van der Waals surface area (Å²) in [5.41, 5.74) is 6.29. The van der Waals surface area contributed by atoms with Gasteiger partial charge < -0.3 is 15.8 Å². The van der Waals surface area contributed by atoms with Gasteiger partial charge in [0.05, 0.1) is 6.10 Å². The maximum atomic E-state index is 6.39. The highest BCUT2D eigenvalue weighted by molar-refractivity contribution is 5.37. The van der Waals surface area contributed by atoms with Gasteiger partial charge in [-0.2, -0.15) is 0 Å². The summed E-state index contributed by atoms with van der Waals surface area (Å²) in [5, 5.41) is 3.31. The predicted molar refractivity (Wildman–Crippen MR) is 76.3 cm³/mol. The van der Waals surface area contributed by atoms with Gasteiger partial charge in [0.25, 0.3) is 0 Å². The molecule has 5 heteroatoms. The lowest BCUT2D eigenvalue weighted by molar-refractivity contribution is 0.232. The quantitative estimate of drug-likeness (QED) is 0.854. The first-order valence-electron chi connectivity index (χ1n) is 7.09. The molecule has 0 unspecified atom stereocenters. The van der Waals surface area contributed by atoms with E-state index in [1.165, 1.54) is 25.6 Å². The topological polar surface area (TPSA) is 73.1 Å². The second kappa shape index (κ2) is 6.19. The first-order chi connectivity index (χ1) is 9.07. The summed E-state index contributed by atoms with van der Waals surface area (Å²) in [7, 11) is 0. The average Bonchev–Trinajstić information content (AvgIpc) is 2.37. The number of hydrogen-bond acceptors (Lipinski definition) is 5. The van der Waals surface area contributed by atoms with Crippen molar-refractivity contribution >= 4 is 5.82 Å². The fraction of sp³-hybridized carbons (Fsp3) is 0.714. The van der Waals surface area contributed by atoms with Crippen molar-refractivity contribution in [2.24, 2.45) is 5.73 Å². The molecule has 0 bridgehead atoms. The van der Waals surface area contributed by atoms with Crippen molar-refractivity contribution in [1.82, 2.24) is 9.97 Å². The lowest BCUT2D eigenvalue weighted by Crippen LogP contribution is -2.47. The van der Waals surface area contributed by atoms with Crippen molar-refractivity contribution in [3.8, 4) is 5.88 Å². The summed E-state index contributed by atoms with van der Waals surface area (Å²) in [5.74, 6) is 1.38. The number of nitrogens with one attached hydrogen (secondary N) is 1. The van der Waals surface area contributed by atoms with E-state index in [9.17, 15) is 0 Å². The standard InChI is InChI=1S/C14H24N4O/c1-11(2)19-13-8-12(17-10-18-13)16-9-14(15)6-4-3-5-7-14/h8,10-11H,3-7,9,15H2,1-2H3,(H,16,17,18). The molecular formula is C14H24N4O. The van der Waals surface area contributed by atoms with Crippen LogP contribution in [0, 0.1) is 0 Å². The normalized spacial score (nSPS) is 18.3. The highest BCUT2D eigenvalue weighted by Crippen LogP contribution is 2.26. The van der Waals surface area contributed by atoms with Crippen molar-refractivity contribution in [3.63, 3.8) is 0 Å². The van der Waals surface area contributed by atoms with Gasteiger partial charge in [-0.1, -0.05) is 19.3 Å². The molecule has 0 atom stereocenters. The molecule has 0 aromatic carbocycles. The maximum Gasteiger partial charge on any atom is 0.218 e. The van der Waals surface area contributed by atoms with Crippen LogP contribution in [0.1, 0.15) is 46.0 Å². The van der Waals surface area contributed by atoms with Crippen molar-refractivity contribution in [2.45, 2.75) is 57.6 Å². The molecule has 1 heterocycles. The molecule has 1 saturated carbocycles. The second-order valence-corrected chi connectivity index (χ2v) is 5.68. The summed E-state index contributed by atoms with van der Waals surface area (Å²) in [6.07, 6.45) is 7.55. The van der Waals surface area contributed by atoms with Crippen LogP contribution in [-0.4, -0.2) is 28.2 Å². The monoisotopic (exact) mass is 264 g/mol. The van der Waals surface area contributed by atoms with E-state index in [0.29, 0.717) is 5.88 Å². The molecule has 1 aliphatic rings. The second-order valence-electron chi connectivity index (χ2n) is 5.68. The van der Waals surface area contributed by atoms with Gasteiger partial charge in [-0.05, 0) is 26.7 Å². The SMILES string of the molecule is CC(C)Oc1cc(NCC2(N)CCCCC2)ncn1. The Morgan fingerprint density at radius 2 is 2.05 bits per heavy atom. The van der Waals surface area contributed by atoms with E-state index in [2.05, 4.69) is 15.3 Å². The number of anilines is 1. The van der Waals surface area contributed by atoms with E-state index in [-0.39, 0.29) is 11.6 Å². The fourth-order valence-corrected chi connectivity index (χ4v) is 2.44. The van der Waals surface area contributed by atoms with Gasteiger partial charge in [0.1, 0.15) is 12.1 Å². The molecule has 1 aromatic rings. The number of nitrogens with two attached hydrogens (primary N) is 1. The van der Waals surface area contributed by atoms with E-state index >= 15 is 0 Å². The van der Waals surface area contributed by atoms with Crippen LogP contribution in [0.15, 0.2) is 12.4 Å². The van der Waals surface area contributed by atoms with Crippen LogP contribution < -0.4 is 15.8 Å². The third-order valence-electron chi connectivity index (χ3n) is 3.47. The van der Waals surface area contributed by atoms with Gasteiger partial charge in [-0.3, -0.25) is 0 Å². The summed E-state index contributed by atoms with van der Waals surface area (Å²) in [4.78, 5) is 8.29. The number of ether oxygens (including phenoxy) is 1. The molecule has 5 nitrogen and oxygen atoms in total. The summed E-state index contributed by atoms with van der Waals surface area (Å²) >= 11 is 0. The zero-order valence-electron chi connectivity index (χ0n) is 11.9. The number of hydrogen-bond donors (Lipinski definition) is 2. The fourth-order valence-electron chi connectivity index (χ4n) is 2.44. The largest absolute Gasteiger partial charge is 0.475 e. The molecule has 3 N–H and O–H groups in total. The van der Waals surface area contributed by atoms with Crippen LogP contribution in [-0.2, 0) is 0 Å². The number of aromatic nitrogens is 2. The van der Waals surface area contributed by atoms with Gasteiger partial charge >= 0.3 is 0 Å². The Labute approximate surface area is 115 Å². The van der Waals surface area contributed by atoms with Crippen LogP contribution in [0.25, 0.3) is 0 Å². The Balaban J connectivity index is 1.91. The molecule has 106 valence electrons. The zero-order chi connectivity index (χ0) is 13.7. The zero-order valence-corrected chi connectivity index (χ0v) is 11.9. The Morgan fingerprint density at radius 1 is 1.32 bits per heavy atom. The van der Waals surface area contributed by atoms with E-state index in [0.717, 1.165) is 25.2 Å². The van der Waals surface area contributed by atoms with Gasteiger partial charge in [-0.15, -0.1) is 0 Å². The molecule has 1 aromatic heterocycles. The molecule has 2 rings (SSSR count). The van der Waals surface area contributed by atoms with Crippen molar-refractivity contribution < 1.29 is 4.74 Å². The third-order valence-corrected chi connectivity index (χ3v) is 3.47. The third kappa shape index (κ3) is 4.35. The van der Waals surface area contributed by atoms with Crippen LogP contribution >= 0.6 is 0 Å². The minimum Gasteiger partial charge on any atom is -0.475 e. The van der Waals surface area contributed by atoms with Gasteiger partial charge in [0.15, 0.2) is 0 Å². The van der Waals surface area contributed by atoms with E-state index in [1.54, 1.807) is 0 Å². The van der Waals surface area contributed by atoms with Crippen molar-refractivity contribution in [3.05, 3.63) is 12.4 Å².